The van der Waals surface area contributed by atoms with Gasteiger partial charge in [-0.3, -0.25) is 4.79 Å². The van der Waals surface area contributed by atoms with Gasteiger partial charge < -0.3 is 14.6 Å². The van der Waals surface area contributed by atoms with Crippen LogP contribution in [0.1, 0.15) is 46.6 Å². The Hall–Kier alpha value is -2.95. The zero-order chi connectivity index (χ0) is 26.5. The number of carbonyl (C=O) groups excluding carboxylic acids is 2. The minimum absolute atomic E-state index is 0.142. The van der Waals surface area contributed by atoms with Gasteiger partial charge in [0.05, 0.1) is 12.9 Å². The fourth-order valence-electron chi connectivity index (χ4n) is 4.12. The maximum absolute atomic E-state index is 13.0. The first-order valence-corrected chi connectivity index (χ1v) is 14.8. The van der Waals surface area contributed by atoms with Crippen LogP contribution in [0.4, 0.5) is 5.00 Å². The van der Waals surface area contributed by atoms with Gasteiger partial charge in [-0.15, -0.1) is 32.9 Å². The maximum atomic E-state index is 13.0. The van der Waals surface area contributed by atoms with Crippen LogP contribution in [0.3, 0.4) is 0 Å². The number of nitrogens with one attached hydrogen (secondary N) is 1. The van der Waals surface area contributed by atoms with E-state index in [0.29, 0.717) is 15.7 Å². The highest BCUT2D eigenvalue weighted by molar-refractivity contribution is 7.99. The van der Waals surface area contributed by atoms with Crippen LogP contribution in [0.25, 0.3) is 22.5 Å². The molecule has 0 atom stereocenters. The summed E-state index contributed by atoms with van der Waals surface area (Å²) in [5, 5.41) is 17.0. The summed E-state index contributed by atoms with van der Waals surface area (Å²) >= 11 is 4.38. The molecule has 0 aliphatic rings. The molecular weight excluding hydrogens is 525 g/mol. The standard InChI is InChI=1S/C27H30N4O3S3/c1-6-12-31-24(21-14-35-17(4)19(21)7-2)29-30-27(31)37-15-22(32)28-25-23(26(33)34-5)20(13-36-25)18-10-8-16(3)9-11-18/h8-11,13-14H,6-7,12,15H2,1-5H3,(H,28,32). The van der Waals surface area contributed by atoms with E-state index in [4.69, 9.17) is 4.74 Å². The van der Waals surface area contributed by atoms with Crippen LogP contribution >= 0.6 is 34.4 Å². The molecule has 0 saturated heterocycles. The van der Waals surface area contributed by atoms with E-state index in [1.54, 1.807) is 11.3 Å². The van der Waals surface area contributed by atoms with Crippen molar-refractivity contribution in [2.24, 2.45) is 0 Å². The van der Waals surface area contributed by atoms with Crippen LogP contribution < -0.4 is 5.32 Å². The molecule has 0 spiro atoms. The van der Waals surface area contributed by atoms with E-state index in [9.17, 15) is 9.59 Å². The second-order valence-electron chi connectivity index (χ2n) is 8.54. The number of methoxy groups -OCH3 is 1. The third-order valence-corrected chi connectivity index (χ3v) is 8.81. The molecule has 4 rings (SSSR count). The van der Waals surface area contributed by atoms with E-state index in [1.807, 2.05) is 36.6 Å². The number of aromatic nitrogens is 3. The molecule has 0 radical (unpaired) electrons. The largest absolute Gasteiger partial charge is 0.465 e. The fraction of sp³-hybridized carbons (Fsp3) is 0.333. The van der Waals surface area contributed by atoms with Crippen LogP contribution in [-0.4, -0.2) is 39.5 Å². The zero-order valence-electron chi connectivity index (χ0n) is 21.6. The third kappa shape index (κ3) is 5.81. The van der Waals surface area contributed by atoms with Crippen LogP contribution in [0.15, 0.2) is 40.2 Å². The fourth-order valence-corrected chi connectivity index (χ4v) is 6.80. The summed E-state index contributed by atoms with van der Waals surface area (Å²) in [5.74, 6) is 0.286. The highest BCUT2D eigenvalue weighted by atomic mass is 32.2. The molecule has 3 aromatic heterocycles. The van der Waals surface area contributed by atoms with Crippen molar-refractivity contribution >= 4 is 51.3 Å². The van der Waals surface area contributed by atoms with E-state index in [-0.39, 0.29) is 11.7 Å². The molecule has 7 nitrogen and oxygen atoms in total. The SMILES string of the molecule is CCCn1c(SCC(=O)Nc2scc(-c3ccc(C)cc3)c2C(=O)OC)nnc1-c1csc(C)c1CC. The van der Waals surface area contributed by atoms with Gasteiger partial charge >= 0.3 is 5.97 Å². The maximum Gasteiger partial charge on any atom is 0.341 e. The highest BCUT2D eigenvalue weighted by Crippen LogP contribution is 2.37. The average Bonchev–Trinajstić information content (AvgIpc) is 3.59. The minimum atomic E-state index is -0.482. The van der Waals surface area contributed by atoms with Crippen molar-refractivity contribution in [1.29, 1.82) is 0 Å². The van der Waals surface area contributed by atoms with Crippen molar-refractivity contribution in [1.82, 2.24) is 14.8 Å². The molecule has 4 aromatic rings. The number of nitrogens with zero attached hydrogens (tertiary/aromatic N) is 3. The molecule has 194 valence electrons. The zero-order valence-corrected chi connectivity index (χ0v) is 24.0. The molecule has 0 fully saturated rings. The van der Waals surface area contributed by atoms with Gasteiger partial charge in [0.1, 0.15) is 10.6 Å². The summed E-state index contributed by atoms with van der Waals surface area (Å²) in [6.07, 6.45) is 1.86. The van der Waals surface area contributed by atoms with Crippen molar-refractivity contribution in [3.05, 3.63) is 56.6 Å². The van der Waals surface area contributed by atoms with E-state index < -0.39 is 5.97 Å². The minimum Gasteiger partial charge on any atom is -0.465 e. The highest BCUT2D eigenvalue weighted by Gasteiger charge is 2.23. The number of benzene rings is 1. The summed E-state index contributed by atoms with van der Waals surface area (Å²) < 4.78 is 7.13. The number of ether oxygens (including phenoxy) is 1. The number of thioether (sulfide) groups is 1. The van der Waals surface area contributed by atoms with Crippen LogP contribution in [0.2, 0.25) is 0 Å². The lowest BCUT2D eigenvalue weighted by Crippen LogP contribution is -2.16. The third-order valence-electron chi connectivity index (χ3n) is 5.99. The molecule has 3 heterocycles. The van der Waals surface area contributed by atoms with Crippen LogP contribution in [0.5, 0.6) is 0 Å². The topological polar surface area (TPSA) is 86.1 Å². The van der Waals surface area contributed by atoms with Gasteiger partial charge in [-0.05, 0) is 37.8 Å². The summed E-state index contributed by atoms with van der Waals surface area (Å²) in [5.41, 5.74) is 5.54. The molecule has 10 heteroatoms. The van der Waals surface area contributed by atoms with E-state index in [1.165, 1.54) is 40.6 Å². The Bertz CT molecular complexity index is 1400. The van der Waals surface area contributed by atoms with Crippen LogP contribution in [0, 0.1) is 13.8 Å². The first-order chi connectivity index (χ1) is 17.9. The second kappa shape index (κ2) is 12.1. The predicted molar refractivity (Wildman–Crippen MR) is 153 cm³/mol. The second-order valence-corrected chi connectivity index (χ2v) is 11.4. The monoisotopic (exact) mass is 554 g/mol. The Morgan fingerprint density at radius 1 is 1.05 bits per heavy atom. The van der Waals surface area contributed by atoms with Crippen LogP contribution in [-0.2, 0) is 22.5 Å². The normalized spacial score (nSPS) is 11.1. The van der Waals surface area contributed by atoms with E-state index >= 15 is 0 Å². The summed E-state index contributed by atoms with van der Waals surface area (Å²) in [4.78, 5) is 26.9. The van der Waals surface area contributed by atoms with Crippen molar-refractivity contribution < 1.29 is 14.3 Å². The van der Waals surface area contributed by atoms with Crippen molar-refractivity contribution in [3.63, 3.8) is 0 Å². The van der Waals surface area contributed by atoms with E-state index in [2.05, 4.69) is 46.2 Å². The van der Waals surface area contributed by atoms with E-state index in [0.717, 1.165) is 47.5 Å². The molecule has 1 aromatic carbocycles. The van der Waals surface area contributed by atoms with Gasteiger partial charge in [0.15, 0.2) is 11.0 Å². The molecule has 0 bridgehead atoms. The smallest absolute Gasteiger partial charge is 0.341 e. The average molecular weight is 555 g/mol. The number of hydrogen-bond donors (Lipinski definition) is 1. The molecule has 1 amide bonds. The van der Waals surface area contributed by atoms with Gasteiger partial charge in [-0.2, -0.15) is 0 Å². The van der Waals surface area contributed by atoms with Gasteiger partial charge in [0, 0.05) is 33.3 Å². The summed E-state index contributed by atoms with van der Waals surface area (Å²) in [7, 11) is 1.34. The lowest BCUT2D eigenvalue weighted by atomic mass is 10.0. The first kappa shape index (κ1) is 27.1. The molecule has 0 unspecified atom stereocenters. The Labute approximate surface area is 229 Å². The molecule has 0 saturated carbocycles. The number of hydrogen-bond acceptors (Lipinski definition) is 8. The lowest BCUT2D eigenvalue weighted by Gasteiger charge is -2.10. The molecule has 0 aliphatic heterocycles. The van der Waals surface area contributed by atoms with Crippen molar-refractivity contribution in [2.75, 3.05) is 18.2 Å². The lowest BCUT2D eigenvalue weighted by molar-refractivity contribution is -0.113. The molecule has 0 aliphatic carbocycles. The van der Waals surface area contributed by atoms with Gasteiger partial charge in [0.25, 0.3) is 0 Å². The Balaban J connectivity index is 1.53. The predicted octanol–water partition coefficient (Wildman–Crippen LogP) is 6.84. The number of carbonyl (C=O) groups is 2. The molecule has 1 N–H and O–H groups in total. The molecule has 37 heavy (non-hydrogen) atoms. The number of esters is 1. The number of thiophene rings is 2. The van der Waals surface area contributed by atoms with Crippen molar-refractivity contribution in [3.8, 4) is 22.5 Å². The van der Waals surface area contributed by atoms with Gasteiger partial charge in [0.2, 0.25) is 5.91 Å². The summed E-state index contributed by atoms with van der Waals surface area (Å²) in [6.45, 7) is 9.17. The van der Waals surface area contributed by atoms with Gasteiger partial charge in [-0.25, -0.2) is 4.79 Å². The molecular formula is C27H30N4O3S3. The number of rotatable bonds is 10. The quantitative estimate of drug-likeness (QED) is 0.171. The number of aryl methyl sites for hydroxylation is 2. The van der Waals surface area contributed by atoms with Gasteiger partial charge in [-0.1, -0.05) is 55.4 Å². The Morgan fingerprint density at radius 3 is 2.46 bits per heavy atom. The summed E-state index contributed by atoms with van der Waals surface area (Å²) in [6, 6.07) is 7.90. The number of anilines is 1. The number of amides is 1. The van der Waals surface area contributed by atoms with Crippen molar-refractivity contribution in [2.45, 2.75) is 52.2 Å². The Morgan fingerprint density at radius 2 is 1.78 bits per heavy atom. The Kier molecular flexibility index (Phi) is 8.83. The first-order valence-electron chi connectivity index (χ1n) is 12.1.